The number of para-hydroxylation sites is 1. The molecule has 9 heteroatoms. The zero-order chi connectivity index (χ0) is 36.8. The predicted octanol–water partition coefficient (Wildman–Crippen LogP) is 9.74. The standard InChI is InChI=1S/C42H65NO8/c1-4-7-8-9-10-11-12-13-14-15-16-17-18-19-20-24-28-50-38-31-36(42(46)43(34-40(44)47-5-2)35-41(45)48-6-3)32-39(33-38)51-30-25-29-49-37-26-22-21-23-27-37/h21-23,26-27,31-33H,4-20,24-25,28-30,34-35H2,1-3H3. The van der Waals surface area contributed by atoms with E-state index < -0.39 is 17.8 Å². The van der Waals surface area contributed by atoms with Gasteiger partial charge in [-0.05, 0) is 44.5 Å². The molecule has 0 fully saturated rings. The number of hydrogen-bond donors (Lipinski definition) is 0. The molecule has 0 saturated carbocycles. The average Bonchev–Trinajstić information content (AvgIpc) is 3.12. The number of unbranched alkanes of at least 4 members (excludes halogenated alkanes) is 15. The van der Waals surface area contributed by atoms with Gasteiger partial charge in [0, 0.05) is 18.1 Å². The van der Waals surface area contributed by atoms with Crippen molar-refractivity contribution in [1.29, 1.82) is 0 Å². The summed E-state index contributed by atoms with van der Waals surface area (Å²) < 4.78 is 28.0. The molecule has 0 aliphatic rings. The van der Waals surface area contributed by atoms with Crippen LogP contribution in [0.25, 0.3) is 0 Å². The van der Waals surface area contributed by atoms with Gasteiger partial charge in [0.15, 0.2) is 0 Å². The molecule has 2 rings (SSSR count). The van der Waals surface area contributed by atoms with Gasteiger partial charge in [0.2, 0.25) is 0 Å². The number of nitrogens with zero attached hydrogens (tertiary/aromatic N) is 1. The molecule has 1 amide bonds. The number of ether oxygens (including phenoxy) is 5. The summed E-state index contributed by atoms with van der Waals surface area (Å²) in [4.78, 5) is 39.4. The molecule has 0 heterocycles. The van der Waals surface area contributed by atoms with Crippen LogP contribution in [0, 0.1) is 0 Å². The zero-order valence-corrected chi connectivity index (χ0v) is 31.8. The van der Waals surface area contributed by atoms with Crippen LogP contribution in [0.2, 0.25) is 0 Å². The number of carbonyl (C=O) groups is 3. The van der Waals surface area contributed by atoms with Gasteiger partial charge in [-0.15, -0.1) is 0 Å². The molecule has 0 spiro atoms. The highest BCUT2D eigenvalue weighted by molar-refractivity contribution is 5.98. The molecule has 0 bridgehead atoms. The van der Waals surface area contributed by atoms with Crippen molar-refractivity contribution in [2.45, 2.75) is 130 Å². The van der Waals surface area contributed by atoms with E-state index in [1.165, 1.54) is 89.9 Å². The Hall–Kier alpha value is -3.75. The van der Waals surface area contributed by atoms with E-state index in [-0.39, 0.29) is 31.9 Å². The van der Waals surface area contributed by atoms with Crippen LogP contribution in [-0.2, 0) is 19.1 Å². The van der Waals surface area contributed by atoms with Crippen LogP contribution < -0.4 is 14.2 Å². The first-order chi connectivity index (χ1) is 25.0. The summed E-state index contributed by atoms with van der Waals surface area (Å²) >= 11 is 0. The van der Waals surface area contributed by atoms with Gasteiger partial charge in [0.25, 0.3) is 5.91 Å². The van der Waals surface area contributed by atoms with E-state index in [1.807, 2.05) is 30.3 Å². The van der Waals surface area contributed by atoms with E-state index in [2.05, 4.69) is 6.92 Å². The maximum absolute atomic E-state index is 13.7. The Kier molecular flexibility index (Phi) is 24.6. The van der Waals surface area contributed by atoms with Crippen LogP contribution in [0.3, 0.4) is 0 Å². The maximum Gasteiger partial charge on any atom is 0.325 e. The fourth-order valence-corrected chi connectivity index (χ4v) is 5.76. The van der Waals surface area contributed by atoms with Gasteiger partial charge in [0.1, 0.15) is 30.3 Å². The molecule has 286 valence electrons. The lowest BCUT2D eigenvalue weighted by Crippen LogP contribution is -2.40. The lowest BCUT2D eigenvalue weighted by atomic mass is 10.0. The first kappa shape index (κ1) is 43.4. The third-order valence-corrected chi connectivity index (χ3v) is 8.50. The van der Waals surface area contributed by atoms with Crippen molar-refractivity contribution in [3.05, 3.63) is 54.1 Å². The van der Waals surface area contributed by atoms with E-state index in [1.54, 1.807) is 32.0 Å². The molecular formula is C42H65NO8. The van der Waals surface area contributed by atoms with Crippen molar-refractivity contribution in [3.63, 3.8) is 0 Å². The molecule has 0 aliphatic carbocycles. The summed E-state index contributed by atoms with van der Waals surface area (Å²) in [6, 6.07) is 14.6. The smallest absolute Gasteiger partial charge is 0.325 e. The fraction of sp³-hybridized carbons (Fsp3) is 0.643. The summed E-state index contributed by atoms with van der Waals surface area (Å²) in [5.74, 6) is -0.0134. The highest BCUT2D eigenvalue weighted by Crippen LogP contribution is 2.25. The van der Waals surface area contributed by atoms with Crippen molar-refractivity contribution in [2.75, 3.05) is 46.1 Å². The van der Waals surface area contributed by atoms with Crippen LogP contribution in [0.1, 0.15) is 140 Å². The van der Waals surface area contributed by atoms with Crippen molar-refractivity contribution in [1.82, 2.24) is 4.90 Å². The lowest BCUT2D eigenvalue weighted by Gasteiger charge is -2.21. The van der Waals surface area contributed by atoms with E-state index >= 15 is 0 Å². The molecule has 51 heavy (non-hydrogen) atoms. The van der Waals surface area contributed by atoms with Crippen LogP contribution in [0.4, 0.5) is 0 Å². The van der Waals surface area contributed by atoms with E-state index in [9.17, 15) is 14.4 Å². The highest BCUT2D eigenvalue weighted by atomic mass is 16.5. The molecule has 0 N–H and O–H groups in total. The Labute approximate surface area is 307 Å². The summed E-state index contributed by atoms with van der Waals surface area (Å²) in [6.07, 6.45) is 21.4. The average molecular weight is 712 g/mol. The van der Waals surface area contributed by atoms with Gasteiger partial charge in [0.05, 0.1) is 33.0 Å². The summed E-state index contributed by atoms with van der Waals surface area (Å²) in [5, 5.41) is 0. The van der Waals surface area contributed by atoms with E-state index in [4.69, 9.17) is 23.7 Å². The summed E-state index contributed by atoms with van der Waals surface area (Å²) in [6.45, 7) is 6.53. The molecule has 2 aromatic rings. The number of hydrogen-bond acceptors (Lipinski definition) is 8. The molecule has 0 unspecified atom stereocenters. The van der Waals surface area contributed by atoms with Crippen molar-refractivity contribution >= 4 is 17.8 Å². The van der Waals surface area contributed by atoms with Crippen LogP contribution in [0.15, 0.2) is 48.5 Å². The number of rotatable bonds is 31. The Morgan fingerprint density at radius 3 is 1.35 bits per heavy atom. The summed E-state index contributed by atoms with van der Waals surface area (Å²) in [7, 11) is 0. The molecule has 0 atom stereocenters. The minimum atomic E-state index is -0.610. The molecule has 0 saturated heterocycles. The zero-order valence-electron chi connectivity index (χ0n) is 31.8. The first-order valence-corrected chi connectivity index (χ1v) is 19.7. The Bertz CT molecular complexity index is 1180. The molecule has 0 aromatic heterocycles. The van der Waals surface area contributed by atoms with E-state index in [0.29, 0.717) is 37.7 Å². The number of amides is 1. The maximum atomic E-state index is 13.7. The number of benzene rings is 2. The Morgan fingerprint density at radius 1 is 0.490 bits per heavy atom. The quantitative estimate of drug-likeness (QED) is 0.0563. The van der Waals surface area contributed by atoms with Gasteiger partial charge < -0.3 is 28.6 Å². The second kappa shape index (κ2) is 28.9. The number of carbonyl (C=O) groups excluding carboxylic acids is 3. The van der Waals surface area contributed by atoms with Crippen LogP contribution >= 0.6 is 0 Å². The minimum absolute atomic E-state index is 0.162. The second-order valence-corrected chi connectivity index (χ2v) is 13.0. The van der Waals surface area contributed by atoms with Crippen molar-refractivity contribution in [3.8, 4) is 17.2 Å². The second-order valence-electron chi connectivity index (χ2n) is 13.0. The van der Waals surface area contributed by atoms with Gasteiger partial charge in [-0.1, -0.05) is 121 Å². The lowest BCUT2D eigenvalue weighted by molar-refractivity contribution is -0.147. The van der Waals surface area contributed by atoms with E-state index in [0.717, 1.165) is 23.5 Å². The molecule has 0 aliphatic heterocycles. The molecule has 0 radical (unpaired) electrons. The van der Waals surface area contributed by atoms with Crippen LogP contribution in [0.5, 0.6) is 17.2 Å². The topological polar surface area (TPSA) is 101 Å². The fourth-order valence-electron chi connectivity index (χ4n) is 5.76. The monoisotopic (exact) mass is 711 g/mol. The normalized spacial score (nSPS) is 10.8. The van der Waals surface area contributed by atoms with Gasteiger partial charge >= 0.3 is 11.9 Å². The summed E-state index contributed by atoms with van der Waals surface area (Å²) in [5.41, 5.74) is 0.239. The molecular weight excluding hydrogens is 646 g/mol. The molecule has 2 aromatic carbocycles. The number of esters is 2. The van der Waals surface area contributed by atoms with Crippen molar-refractivity contribution in [2.24, 2.45) is 0 Å². The van der Waals surface area contributed by atoms with Gasteiger partial charge in [-0.3, -0.25) is 14.4 Å². The highest BCUT2D eigenvalue weighted by Gasteiger charge is 2.24. The predicted molar refractivity (Wildman–Crippen MR) is 203 cm³/mol. The van der Waals surface area contributed by atoms with Gasteiger partial charge in [-0.2, -0.15) is 0 Å². The minimum Gasteiger partial charge on any atom is -0.493 e. The van der Waals surface area contributed by atoms with Crippen molar-refractivity contribution < 1.29 is 38.1 Å². The largest absolute Gasteiger partial charge is 0.493 e. The Morgan fingerprint density at radius 2 is 0.902 bits per heavy atom. The SMILES string of the molecule is CCCCCCCCCCCCCCCCCCOc1cc(OCCCOc2ccccc2)cc(C(=O)N(CC(=O)OCC)CC(=O)OCC)c1. The van der Waals surface area contributed by atoms with Crippen LogP contribution in [-0.4, -0.2) is 68.9 Å². The molecule has 9 nitrogen and oxygen atoms in total. The Balaban J connectivity index is 1.85. The third kappa shape index (κ3) is 21.3. The third-order valence-electron chi connectivity index (χ3n) is 8.50. The first-order valence-electron chi connectivity index (χ1n) is 19.7. The van der Waals surface area contributed by atoms with Gasteiger partial charge in [-0.25, -0.2) is 0 Å².